The Morgan fingerprint density at radius 1 is 1.03 bits per heavy atom. The lowest BCUT2D eigenvalue weighted by Crippen LogP contribution is -2.27. The van der Waals surface area contributed by atoms with Crippen LogP contribution in [0.1, 0.15) is 10.5 Å². The van der Waals surface area contributed by atoms with E-state index in [1.54, 1.807) is 54.8 Å². The third kappa shape index (κ3) is 3.02. The van der Waals surface area contributed by atoms with Gasteiger partial charge in [-0.25, -0.2) is 9.97 Å². The molecule has 0 radical (unpaired) electrons. The van der Waals surface area contributed by atoms with Crippen molar-refractivity contribution in [2.24, 2.45) is 7.05 Å². The Hall–Kier alpha value is -3.64. The number of anilines is 1. The first kappa shape index (κ1) is 18.4. The summed E-state index contributed by atoms with van der Waals surface area (Å²) in [6.07, 6.45) is 7.20. The van der Waals surface area contributed by atoms with E-state index in [-0.39, 0.29) is 5.91 Å². The van der Waals surface area contributed by atoms with E-state index in [4.69, 9.17) is 11.6 Å². The molecule has 0 N–H and O–H groups in total. The first-order chi connectivity index (χ1) is 14.5. The van der Waals surface area contributed by atoms with Gasteiger partial charge in [0.25, 0.3) is 5.91 Å². The Kier molecular flexibility index (Phi) is 4.29. The van der Waals surface area contributed by atoms with Crippen LogP contribution in [0.3, 0.4) is 0 Å². The predicted octanol–water partition coefficient (Wildman–Crippen LogP) is 4.82. The van der Waals surface area contributed by atoms with E-state index in [2.05, 4.69) is 38.8 Å². The fourth-order valence-corrected chi connectivity index (χ4v) is 3.73. The molecule has 0 saturated heterocycles. The van der Waals surface area contributed by atoms with Gasteiger partial charge in [0.05, 0.1) is 18.1 Å². The van der Waals surface area contributed by atoms with Crippen molar-refractivity contribution < 1.29 is 4.79 Å². The van der Waals surface area contributed by atoms with Gasteiger partial charge < -0.3 is 9.47 Å². The molecule has 2 aromatic carbocycles. The van der Waals surface area contributed by atoms with Gasteiger partial charge in [-0.3, -0.25) is 9.20 Å². The Balaban J connectivity index is 1.55. The molecule has 0 atom stereocenters. The maximum atomic E-state index is 13.0. The van der Waals surface area contributed by atoms with Crippen LogP contribution in [0.4, 0.5) is 5.69 Å². The number of benzene rings is 2. The van der Waals surface area contributed by atoms with Crippen molar-refractivity contribution in [1.29, 1.82) is 0 Å². The van der Waals surface area contributed by atoms with Crippen molar-refractivity contribution in [3.8, 4) is 11.3 Å². The van der Waals surface area contributed by atoms with Crippen molar-refractivity contribution in [2.45, 2.75) is 0 Å². The molecule has 0 fully saturated rings. The Morgan fingerprint density at radius 3 is 2.63 bits per heavy atom. The van der Waals surface area contributed by atoms with Gasteiger partial charge in [-0.15, -0.1) is 0 Å². The van der Waals surface area contributed by atoms with Gasteiger partial charge >= 0.3 is 0 Å². The molecular formula is C23H18ClN5O. The molecule has 5 aromatic rings. The lowest BCUT2D eigenvalue weighted by atomic mass is 10.1. The zero-order valence-corrected chi connectivity index (χ0v) is 17.2. The van der Waals surface area contributed by atoms with E-state index in [0.29, 0.717) is 16.4 Å². The Labute approximate surface area is 178 Å². The molecule has 30 heavy (non-hydrogen) atoms. The number of hydrogen-bond donors (Lipinski definition) is 0. The minimum atomic E-state index is -0.211. The van der Waals surface area contributed by atoms with E-state index < -0.39 is 0 Å². The van der Waals surface area contributed by atoms with Gasteiger partial charge in [0.15, 0.2) is 5.65 Å². The zero-order chi connectivity index (χ0) is 20.8. The highest BCUT2D eigenvalue weighted by atomic mass is 35.5. The third-order valence-electron chi connectivity index (χ3n) is 5.31. The molecule has 1 amide bonds. The van der Waals surface area contributed by atoms with Gasteiger partial charge in [-0.1, -0.05) is 17.7 Å². The number of aromatic nitrogens is 4. The van der Waals surface area contributed by atoms with E-state index in [1.807, 2.05) is 17.6 Å². The van der Waals surface area contributed by atoms with Gasteiger partial charge in [0, 0.05) is 53.7 Å². The summed E-state index contributed by atoms with van der Waals surface area (Å²) in [7, 11) is 3.74. The monoisotopic (exact) mass is 415 g/mol. The maximum Gasteiger partial charge on any atom is 0.278 e. The van der Waals surface area contributed by atoms with Crippen LogP contribution in [0, 0.1) is 0 Å². The van der Waals surface area contributed by atoms with E-state index in [0.717, 1.165) is 27.8 Å². The highest BCUT2D eigenvalue weighted by Gasteiger charge is 2.17. The number of fused-ring (bicyclic) bond motifs is 2. The van der Waals surface area contributed by atoms with E-state index in [9.17, 15) is 4.79 Å². The van der Waals surface area contributed by atoms with Gasteiger partial charge in [0.1, 0.15) is 5.69 Å². The highest BCUT2D eigenvalue weighted by Crippen LogP contribution is 2.26. The molecule has 0 aliphatic carbocycles. The van der Waals surface area contributed by atoms with Crippen LogP contribution in [0.5, 0.6) is 0 Å². The van der Waals surface area contributed by atoms with E-state index >= 15 is 0 Å². The van der Waals surface area contributed by atoms with Crippen LogP contribution in [-0.4, -0.2) is 31.9 Å². The van der Waals surface area contributed by atoms with Gasteiger partial charge in [0.2, 0.25) is 0 Å². The number of rotatable bonds is 3. The molecule has 0 aliphatic rings. The summed E-state index contributed by atoms with van der Waals surface area (Å²) in [5.41, 5.74) is 4.85. The second kappa shape index (κ2) is 7.00. The smallest absolute Gasteiger partial charge is 0.278 e. The highest BCUT2D eigenvalue weighted by molar-refractivity contribution is 6.30. The molecule has 6 nitrogen and oxygen atoms in total. The van der Waals surface area contributed by atoms with Crippen LogP contribution < -0.4 is 4.90 Å². The molecule has 0 spiro atoms. The summed E-state index contributed by atoms with van der Waals surface area (Å²) in [4.78, 5) is 23.3. The molecule has 0 aliphatic heterocycles. The minimum absolute atomic E-state index is 0.211. The lowest BCUT2D eigenvalue weighted by molar-refractivity contribution is 0.0988. The van der Waals surface area contributed by atoms with Crippen molar-refractivity contribution in [1.82, 2.24) is 18.9 Å². The maximum absolute atomic E-state index is 13.0. The molecular weight excluding hydrogens is 398 g/mol. The fourth-order valence-electron chi connectivity index (χ4n) is 3.61. The quantitative estimate of drug-likeness (QED) is 0.424. The molecule has 0 bridgehead atoms. The second-order valence-electron chi connectivity index (χ2n) is 7.19. The third-order valence-corrected chi connectivity index (χ3v) is 5.57. The fraction of sp³-hybridized carbons (Fsp3) is 0.0870. The van der Waals surface area contributed by atoms with Crippen LogP contribution in [0.2, 0.25) is 5.02 Å². The van der Waals surface area contributed by atoms with Crippen LogP contribution >= 0.6 is 11.6 Å². The summed E-state index contributed by atoms with van der Waals surface area (Å²) in [6.45, 7) is 0. The van der Waals surface area contributed by atoms with Crippen molar-refractivity contribution in [3.63, 3.8) is 0 Å². The number of imidazole rings is 1. The number of aryl methyl sites for hydroxylation is 1. The van der Waals surface area contributed by atoms with Gasteiger partial charge in [-0.2, -0.15) is 0 Å². The summed E-state index contributed by atoms with van der Waals surface area (Å²) in [5, 5.41) is 1.77. The minimum Gasteiger partial charge on any atom is -0.351 e. The standard InChI is InChI=1S/C23H18ClN5O/c1-27-10-9-16-11-15(3-8-20(16)27)21-12-26-22-13-25-19(14-29(21)22)23(30)28(2)18-6-4-17(24)5-7-18/h3-14H,1-2H3. The van der Waals surface area contributed by atoms with Gasteiger partial charge in [-0.05, 0) is 42.5 Å². The second-order valence-corrected chi connectivity index (χ2v) is 7.62. The molecule has 3 heterocycles. The lowest BCUT2D eigenvalue weighted by Gasteiger charge is -2.17. The van der Waals surface area contributed by atoms with Crippen LogP contribution in [0.15, 0.2) is 73.3 Å². The Bertz CT molecular complexity index is 1400. The largest absolute Gasteiger partial charge is 0.351 e. The topological polar surface area (TPSA) is 55.4 Å². The number of carbonyl (C=O) groups is 1. The van der Waals surface area contributed by atoms with Crippen LogP contribution in [-0.2, 0) is 7.05 Å². The summed E-state index contributed by atoms with van der Waals surface area (Å²) in [5.74, 6) is -0.211. The Morgan fingerprint density at radius 2 is 1.83 bits per heavy atom. The number of halogens is 1. The summed E-state index contributed by atoms with van der Waals surface area (Å²) < 4.78 is 3.99. The number of amides is 1. The molecule has 148 valence electrons. The molecule has 3 aromatic heterocycles. The van der Waals surface area contributed by atoms with Crippen LogP contribution in [0.25, 0.3) is 27.8 Å². The van der Waals surface area contributed by atoms with Crippen molar-refractivity contribution >= 4 is 39.7 Å². The summed E-state index contributed by atoms with van der Waals surface area (Å²) in [6, 6.07) is 15.5. The number of nitrogens with zero attached hydrogens (tertiary/aromatic N) is 5. The number of hydrogen-bond acceptors (Lipinski definition) is 3. The molecule has 0 unspecified atom stereocenters. The zero-order valence-electron chi connectivity index (χ0n) is 16.5. The van der Waals surface area contributed by atoms with Crippen molar-refractivity contribution in [2.75, 3.05) is 11.9 Å². The van der Waals surface area contributed by atoms with E-state index in [1.165, 1.54) is 0 Å². The summed E-state index contributed by atoms with van der Waals surface area (Å²) >= 11 is 5.95. The first-order valence-corrected chi connectivity index (χ1v) is 9.81. The average molecular weight is 416 g/mol. The SMILES string of the molecule is CN(C(=O)c1cn2c(-c3ccc4c(ccn4C)c3)cnc2cn1)c1ccc(Cl)cc1. The number of carbonyl (C=O) groups excluding carboxylic acids is 1. The normalized spacial score (nSPS) is 11.3. The average Bonchev–Trinajstić information content (AvgIpc) is 3.36. The first-order valence-electron chi connectivity index (χ1n) is 9.43. The predicted molar refractivity (Wildman–Crippen MR) is 119 cm³/mol. The molecule has 0 saturated carbocycles. The molecule has 7 heteroatoms. The van der Waals surface area contributed by atoms with Crippen molar-refractivity contribution in [3.05, 3.63) is 84.0 Å². The molecule has 5 rings (SSSR count).